The Labute approximate surface area is 93.9 Å². The number of likely N-dealkylation sites (N-methyl/N-ethyl adjacent to an activating group) is 1. The number of nitrogens with zero attached hydrogens (tertiary/aromatic N) is 1. The highest BCUT2D eigenvalue weighted by atomic mass is 16.5. The molecule has 1 aliphatic heterocycles. The molecule has 90 valence electrons. The zero-order valence-electron chi connectivity index (χ0n) is 9.18. The summed E-state index contributed by atoms with van der Waals surface area (Å²) in [4.78, 5) is 23.4. The average Bonchev–Trinajstić information content (AvgIpc) is 2.23. The van der Waals surface area contributed by atoms with Gasteiger partial charge in [0.25, 0.3) is 0 Å². The smallest absolute Gasteiger partial charge is 0.328 e. The minimum absolute atomic E-state index is 0.0269. The highest BCUT2D eigenvalue weighted by Crippen LogP contribution is 2.01. The number of morpholine rings is 1. The first kappa shape index (κ1) is 12.7. The summed E-state index contributed by atoms with van der Waals surface area (Å²) in [6.45, 7) is 2.71. The SMILES string of the molecule is CN1CCOC(CNC(=O)C=CC(=O)O)C1. The molecule has 0 spiro atoms. The van der Waals surface area contributed by atoms with E-state index in [2.05, 4.69) is 10.2 Å². The normalized spacial score (nSPS) is 22.2. The van der Waals surface area contributed by atoms with Crippen molar-refractivity contribution in [2.24, 2.45) is 0 Å². The second-order valence-corrected chi connectivity index (χ2v) is 3.67. The zero-order chi connectivity index (χ0) is 12.0. The van der Waals surface area contributed by atoms with Gasteiger partial charge in [-0.05, 0) is 7.05 Å². The van der Waals surface area contributed by atoms with Crippen molar-refractivity contribution in [3.8, 4) is 0 Å². The fraction of sp³-hybridized carbons (Fsp3) is 0.600. The van der Waals surface area contributed by atoms with Crippen molar-refractivity contribution in [2.45, 2.75) is 6.10 Å². The van der Waals surface area contributed by atoms with Gasteiger partial charge in [0.2, 0.25) is 5.91 Å². The lowest BCUT2D eigenvalue weighted by atomic mass is 10.3. The third-order valence-corrected chi connectivity index (χ3v) is 2.22. The van der Waals surface area contributed by atoms with Crippen LogP contribution in [0.25, 0.3) is 0 Å². The van der Waals surface area contributed by atoms with Crippen LogP contribution in [0, 0.1) is 0 Å². The summed E-state index contributed by atoms with van der Waals surface area (Å²) in [5.41, 5.74) is 0. The molecule has 1 unspecified atom stereocenters. The van der Waals surface area contributed by atoms with Crippen LogP contribution in [0.15, 0.2) is 12.2 Å². The van der Waals surface area contributed by atoms with E-state index in [1.807, 2.05) is 7.05 Å². The fourth-order valence-electron chi connectivity index (χ4n) is 1.41. The van der Waals surface area contributed by atoms with E-state index in [4.69, 9.17) is 9.84 Å². The molecule has 6 nitrogen and oxygen atoms in total. The first-order valence-electron chi connectivity index (χ1n) is 5.07. The van der Waals surface area contributed by atoms with Crippen molar-refractivity contribution in [3.05, 3.63) is 12.2 Å². The molecule has 16 heavy (non-hydrogen) atoms. The maximum atomic E-state index is 11.1. The molecule has 0 saturated carbocycles. The molecule has 0 aromatic carbocycles. The van der Waals surface area contributed by atoms with E-state index in [1.165, 1.54) is 0 Å². The topological polar surface area (TPSA) is 78.9 Å². The fourth-order valence-corrected chi connectivity index (χ4v) is 1.41. The zero-order valence-corrected chi connectivity index (χ0v) is 9.18. The van der Waals surface area contributed by atoms with Crippen molar-refractivity contribution < 1.29 is 19.4 Å². The van der Waals surface area contributed by atoms with Gasteiger partial charge in [-0.1, -0.05) is 0 Å². The van der Waals surface area contributed by atoms with Crippen LogP contribution in [0.2, 0.25) is 0 Å². The van der Waals surface area contributed by atoms with Gasteiger partial charge >= 0.3 is 5.97 Å². The quantitative estimate of drug-likeness (QED) is 0.608. The summed E-state index contributed by atoms with van der Waals surface area (Å²) >= 11 is 0. The van der Waals surface area contributed by atoms with E-state index in [-0.39, 0.29) is 6.10 Å². The van der Waals surface area contributed by atoms with Gasteiger partial charge in [-0.2, -0.15) is 0 Å². The predicted octanol–water partition coefficient (Wildman–Crippen LogP) is -0.926. The lowest BCUT2D eigenvalue weighted by Gasteiger charge is -2.29. The number of carbonyl (C=O) groups is 2. The number of aliphatic carboxylic acids is 1. The third-order valence-electron chi connectivity index (χ3n) is 2.22. The Kier molecular flexibility index (Phi) is 4.94. The lowest BCUT2D eigenvalue weighted by Crippen LogP contribution is -2.45. The van der Waals surface area contributed by atoms with E-state index >= 15 is 0 Å². The number of carboxylic acids is 1. The Hall–Kier alpha value is -1.40. The Morgan fingerprint density at radius 1 is 1.56 bits per heavy atom. The number of rotatable bonds is 4. The van der Waals surface area contributed by atoms with Crippen LogP contribution < -0.4 is 5.32 Å². The summed E-state index contributed by atoms with van der Waals surface area (Å²) in [5.74, 6) is -1.55. The number of hydrogen-bond donors (Lipinski definition) is 2. The first-order valence-corrected chi connectivity index (χ1v) is 5.07. The molecule has 2 N–H and O–H groups in total. The van der Waals surface area contributed by atoms with Gasteiger partial charge in [0.05, 0.1) is 12.7 Å². The molecular formula is C10H16N2O4. The number of amides is 1. The Balaban J connectivity index is 2.23. The van der Waals surface area contributed by atoms with Crippen molar-refractivity contribution >= 4 is 11.9 Å². The maximum Gasteiger partial charge on any atom is 0.328 e. The number of ether oxygens (including phenoxy) is 1. The van der Waals surface area contributed by atoms with Crippen molar-refractivity contribution in [1.82, 2.24) is 10.2 Å². The maximum absolute atomic E-state index is 11.1. The monoisotopic (exact) mass is 228 g/mol. The lowest BCUT2D eigenvalue weighted by molar-refractivity contribution is -0.131. The van der Waals surface area contributed by atoms with Gasteiger partial charge in [-0.3, -0.25) is 4.79 Å². The molecule has 0 radical (unpaired) electrons. The van der Waals surface area contributed by atoms with E-state index in [0.29, 0.717) is 13.2 Å². The molecule has 0 bridgehead atoms. The van der Waals surface area contributed by atoms with Crippen molar-refractivity contribution in [2.75, 3.05) is 33.3 Å². The molecule has 0 aliphatic carbocycles. The molecule has 1 atom stereocenters. The second kappa shape index (κ2) is 6.24. The van der Waals surface area contributed by atoms with E-state index in [0.717, 1.165) is 25.2 Å². The third kappa shape index (κ3) is 4.90. The van der Waals surface area contributed by atoms with E-state index in [1.54, 1.807) is 0 Å². The van der Waals surface area contributed by atoms with Gasteiger partial charge < -0.3 is 20.1 Å². The Morgan fingerprint density at radius 2 is 2.31 bits per heavy atom. The molecule has 1 rings (SSSR count). The molecule has 0 aromatic heterocycles. The number of nitrogens with one attached hydrogen (secondary N) is 1. The van der Waals surface area contributed by atoms with Crippen molar-refractivity contribution in [3.63, 3.8) is 0 Å². The summed E-state index contributed by atoms with van der Waals surface area (Å²) in [6, 6.07) is 0. The predicted molar refractivity (Wildman–Crippen MR) is 57.0 cm³/mol. The molecule has 1 amide bonds. The minimum atomic E-state index is -1.14. The standard InChI is InChI=1S/C10H16N2O4/c1-12-4-5-16-8(7-12)6-11-9(13)2-3-10(14)15/h2-3,8H,4-7H2,1H3,(H,11,13)(H,14,15). The van der Waals surface area contributed by atoms with Crippen LogP contribution in [-0.2, 0) is 14.3 Å². The van der Waals surface area contributed by atoms with Crippen LogP contribution in [0.4, 0.5) is 0 Å². The molecule has 6 heteroatoms. The first-order chi connectivity index (χ1) is 7.58. The number of hydrogen-bond acceptors (Lipinski definition) is 4. The average molecular weight is 228 g/mol. The molecule has 1 heterocycles. The van der Waals surface area contributed by atoms with Crippen molar-refractivity contribution in [1.29, 1.82) is 0 Å². The number of carboxylic acid groups (broad SMARTS) is 1. The van der Waals surface area contributed by atoms with Gasteiger partial charge in [0.1, 0.15) is 0 Å². The van der Waals surface area contributed by atoms with Crippen LogP contribution >= 0.6 is 0 Å². The Bertz CT molecular complexity index is 291. The number of carbonyl (C=O) groups excluding carboxylic acids is 1. The molecule has 1 aliphatic rings. The van der Waals surface area contributed by atoms with Gasteiger partial charge in [0, 0.05) is 31.8 Å². The molecular weight excluding hydrogens is 212 g/mol. The summed E-state index contributed by atoms with van der Waals surface area (Å²) in [5, 5.41) is 10.9. The minimum Gasteiger partial charge on any atom is -0.478 e. The van der Waals surface area contributed by atoms with Crippen LogP contribution in [0.1, 0.15) is 0 Å². The van der Waals surface area contributed by atoms with Crippen LogP contribution in [0.5, 0.6) is 0 Å². The van der Waals surface area contributed by atoms with Crippen LogP contribution in [-0.4, -0.2) is 61.3 Å². The largest absolute Gasteiger partial charge is 0.478 e. The van der Waals surface area contributed by atoms with E-state index in [9.17, 15) is 9.59 Å². The Morgan fingerprint density at radius 3 is 2.94 bits per heavy atom. The molecule has 0 aromatic rings. The van der Waals surface area contributed by atoms with Crippen LogP contribution in [0.3, 0.4) is 0 Å². The highest BCUT2D eigenvalue weighted by Gasteiger charge is 2.17. The summed E-state index contributed by atoms with van der Waals surface area (Å²) < 4.78 is 5.43. The molecule has 1 saturated heterocycles. The highest BCUT2D eigenvalue weighted by molar-refractivity contribution is 5.93. The summed E-state index contributed by atoms with van der Waals surface area (Å²) in [6.07, 6.45) is 1.78. The second-order valence-electron chi connectivity index (χ2n) is 3.67. The summed E-state index contributed by atoms with van der Waals surface area (Å²) in [7, 11) is 1.99. The molecule has 1 fully saturated rings. The van der Waals surface area contributed by atoms with Gasteiger partial charge in [-0.25, -0.2) is 4.79 Å². The van der Waals surface area contributed by atoms with Gasteiger partial charge in [-0.15, -0.1) is 0 Å². The van der Waals surface area contributed by atoms with E-state index < -0.39 is 11.9 Å². The van der Waals surface area contributed by atoms with Gasteiger partial charge in [0.15, 0.2) is 0 Å².